The zero-order valence-electron chi connectivity index (χ0n) is 18.0. The van der Waals surface area contributed by atoms with Gasteiger partial charge in [0.25, 0.3) is 5.91 Å². The first-order chi connectivity index (χ1) is 15.5. The minimum Gasteiger partial charge on any atom is -0.457 e. The minimum absolute atomic E-state index is 0.0619. The standard InChI is InChI=1S/C25H24BrN3O2S/c1-28(2)15-6-16-29(25-27-22-14-11-19(26)17-23(22)32-25)24(30)18-9-12-21(13-10-18)31-20-7-4-3-5-8-20/h3-5,7-14,17H,6,15-16H2,1-2H3. The average molecular weight is 510 g/mol. The van der Waals surface area contributed by atoms with Gasteiger partial charge >= 0.3 is 0 Å². The van der Waals surface area contributed by atoms with Crippen molar-refractivity contribution in [3.63, 3.8) is 0 Å². The summed E-state index contributed by atoms with van der Waals surface area (Å²) in [5.41, 5.74) is 1.50. The highest BCUT2D eigenvalue weighted by Gasteiger charge is 2.21. The largest absolute Gasteiger partial charge is 0.457 e. The molecule has 32 heavy (non-hydrogen) atoms. The summed E-state index contributed by atoms with van der Waals surface area (Å²) in [5.74, 6) is 1.39. The van der Waals surface area contributed by atoms with Crippen molar-refractivity contribution in [2.45, 2.75) is 6.42 Å². The number of anilines is 1. The van der Waals surface area contributed by atoms with Gasteiger partial charge in [0.1, 0.15) is 11.5 Å². The summed E-state index contributed by atoms with van der Waals surface area (Å²) in [6.45, 7) is 1.49. The maximum atomic E-state index is 13.5. The Morgan fingerprint density at radius 3 is 2.41 bits per heavy atom. The number of ether oxygens (including phenoxy) is 1. The van der Waals surface area contributed by atoms with Crippen molar-refractivity contribution in [3.8, 4) is 11.5 Å². The summed E-state index contributed by atoms with van der Waals surface area (Å²) in [5, 5.41) is 0.714. The first-order valence-electron chi connectivity index (χ1n) is 10.4. The van der Waals surface area contributed by atoms with E-state index in [4.69, 9.17) is 9.72 Å². The van der Waals surface area contributed by atoms with Crippen LogP contribution < -0.4 is 9.64 Å². The number of rotatable bonds is 8. The third-order valence-electron chi connectivity index (χ3n) is 4.88. The molecular weight excluding hydrogens is 486 g/mol. The lowest BCUT2D eigenvalue weighted by molar-refractivity contribution is 0.0986. The van der Waals surface area contributed by atoms with Gasteiger partial charge in [0.15, 0.2) is 5.13 Å². The average Bonchev–Trinajstić information content (AvgIpc) is 3.20. The molecule has 0 aliphatic heterocycles. The van der Waals surface area contributed by atoms with Crippen molar-refractivity contribution >= 4 is 48.5 Å². The van der Waals surface area contributed by atoms with Gasteiger partial charge in [-0.2, -0.15) is 0 Å². The topological polar surface area (TPSA) is 45.7 Å². The third-order valence-corrected chi connectivity index (χ3v) is 6.42. The number of para-hydroxylation sites is 1. The quantitative estimate of drug-likeness (QED) is 0.273. The summed E-state index contributed by atoms with van der Waals surface area (Å²) in [6.07, 6.45) is 0.855. The van der Waals surface area contributed by atoms with Crippen molar-refractivity contribution < 1.29 is 9.53 Å². The number of nitrogens with zero attached hydrogens (tertiary/aromatic N) is 3. The van der Waals surface area contributed by atoms with Crippen LogP contribution in [0.1, 0.15) is 16.8 Å². The van der Waals surface area contributed by atoms with E-state index in [1.54, 1.807) is 4.90 Å². The molecule has 7 heteroatoms. The smallest absolute Gasteiger partial charge is 0.260 e. The van der Waals surface area contributed by atoms with E-state index < -0.39 is 0 Å². The molecule has 1 heterocycles. The van der Waals surface area contributed by atoms with Crippen molar-refractivity contribution in [3.05, 3.63) is 82.8 Å². The molecule has 0 saturated heterocycles. The molecule has 0 radical (unpaired) electrons. The van der Waals surface area contributed by atoms with Crippen LogP contribution in [0.2, 0.25) is 0 Å². The molecule has 4 aromatic rings. The predicted molar refractivity (Wildman–Crippen MR) is 135 cm³/mol. The van der Waals surface area contributed by atoms with Gasteiger partial charge in [0.05, 0.1) is 10.2 Å². The number of halogens is 1. The van der Waals surface area contributed by atoms with Crippen LogP contribution in [0, 0.1) is 0 Å². The fourth-order valence-electron chi connectivity index (χ4n) is 3.28. The molecule has 3 aromatic carbocycles. The van der Waals surface area contributed by atoms with E-state index in [0.717, 1.165) is 33.4 Å². The number of aromatic nitrogens is 1. The number of hydrogen-bond acceptors (Lipinski definition) is 5. The van der Waals surface area contributed by atoms with E-state index in [-0.39, 0.29) is 5.91 Å². The molecule has 1 aromatic heterocycles. The Morgan fingerprint density at radius 2 is 1.69 bits per heavy atom. The Labute approximate surface area is 200 Å². The molecule has 0 aliphatic carbocycles. The van der Waals surface area contributed by atoms with Gasteiger partial charge in [0.2, 0.25) is 0 Å². The van der Waals surface area contributed by atoms with Crippen molar-refractivity contribution in [1.29, 1.82) is 0 Å². The van der Waals surface area contributed by atoms with Gasteiger partial charge in [-0.25, -0.2) is 4.98 Å². The Kier molecular flexibility index (Phi) is 7.19. The molecule has 164 valence electrons. The highest BCUT2D eigenvalue weighted by Crippen LogP contribution is 2.32. The number of hydrogen-bond donors (Lipinski definition) is 0. The molecule has 4 rings (SSSR count). The maximum absolute atomic E-state index is 13.5. The van der Waals surface area contributed by atoms with Gasteiger partial charge < -0.3 is 9.64 Å². The Balaban J connectivity index is 1.57. The fourth-order valence-corrected chi connectivity index (χ4v) is 4.82. The maximum Gasteiger partial charge on any atom is 0.260 e. The van der Waals surface area contributed by atoms with E-state index in [0.29, 0.717) is 23.0 Å². The van der Waals surface area contributed by atoms with Crippen LogP contribution in [0.4, 0.5) is 5.13 Å². The SMILES string of the molecule is CN(C)CCCN(C(=O)c1ccc(Oc2ccccc2)cc1)c1nc2ccc(Br)cc2s1. The van der Waals surface area contributed by atoms with Crippen LogP contribution in [0.3, 0.4) is 0 Å². The van der Waals surface area contributed by atoms with Gasteiger partial charge in [-0.1, -0.05) is 45.5 Å². The lowest BCUT2D eigenvalue weighted by Gasteiger charge is -2.21. The van der Waals surface area contributed by atoms with Crippen molar-refractivity contribution in [1.82, 2.24) is 9.88 Å². The van der Waals surface area contributed by atoms with E-state index in [1.165, 1.54) is 11.3 Å². The zero-order valence-corrected chi connectivity index (χ0v) is 20.4. The molecule has 5 nitrogen and oxygen atoms in total. The second kappa shape index (κ2) is 10.3. The minimum atomic E-state index is -0.0619. The normalized spacial score (nSPS) is 11.1. The molecule has 0 aliphatic rings. The molecule has 0 fully saturated rings. The molecule has 0 atom stereocenters. The molecule has 0 unspecified atom stereocenters. The number of benzene rings is 3. The van der Waals surface area contributed by atoms with Crippen molar-refractivity contribution in [2.24, 2.45) is 0 Å². The summed E-state index contributed by atoms with van der Waals surface area (Å²) < 4.78 is 7.90. The highest BCUT2D eigenvalue weighted by molar-refractivity contribution is 9.10. The van der Waals surface area contributed by atoms with E-state index in [9.17, 15) is 4.79 Å². The molecular formula is C25H24BrN3O2S. The summed E-state index contributed by atoms with van der Waals surface area (Å²) in [7, 11) is 4.07. The summed E-state index contributed by atoms with van der Waals surface area (Å²) in [4.78, 5) is 22.1. The predicted octanol–water partition coefficient (Wildman–Crippen LogP) is 6.45. The second-order valence-corrected chi connectivity index (χ2v) is 9.59. The van der Waals surface area contributed by atoms with Crippen LogP contribution in [-0.4, -0.2) is 43.0 Å². The number of carbonyl (C=O) groups is 1. The van der Waals surface area contributed by atoms with Gasteiger partial charge in [-0.05, 0) is 81.7 Å². The molecule has 0 spiro atoms. The Morgan fingerprint density at radius 1 is 0.969 bits per heavy atom. The van der Waals surface area contributed by atoms with Gasteiger partial charge in [-0.15, -0.1) is 0 Å². The zero-order chi connectivity index (χ0) is 22.5. The van der Waals surface area contributed by atoms with Crippen LogP contribution in [0.25, 0.3) is 10.2 Å². The first-order valence-corrected chi connectivity index (χ1v) is 12.0. The third kappa shape index (κ3) is 5.54. The Hall–Kier alpha value is -2.74. The number of fused-ring (bicyclic) bond motifs is 1. The molecule has 0 N–H and O–H groups in total. The van der Waals surface area contributed by atoms with Crippen molar-refractivity contribution in [2.75, 3.05) is 32.1 Å². The fraction of sp³-hybridized carbons (Fsp3) is 0.200. The van der Waals surface area contributed by atoms with E-state index in [2.05, 4.69) is 20.8 Å². The summed E-state index contributed by atoms with van der Waals surface area (Å²) in [6, 6.07) is 22.8. The highest BCUT2D eigenvalue weighted by atomic mass is 79.9. The first kappa shape index (κ1) is 22.5. The van der Waals surface area contributed by atoms with E-state index in [1.807, 2.05) is 86.9 Å². The lowest BCUT2D eigenvalue weighted by atomic mass is 10.2. The van der Waals surface area contributed by atoms with Gasteiger partial charge in [0, 0.05) is 16.6 Å². The number of carbonyl (C=O) groups excluding carboxylic acids is 1. The van der Waals surface area contributed by atoms with E-state index >= 15 is 0 Å². The van der Waals surface area contributed by atoms with Gasteiger partial charge in [-0.3, -0.25) is 9.69 Å². The Bertz CT molecular complexity index is 1190. The number of amides is 1. The molecule has 1 amide bonds. The molecule has 0 saturated carbocycles. The lowest BCUT2D eigenvalue weighted by Crippen LogP contribution is -2.33. The molecule has 0 bridgehead atoms. The van der Waals surface area contributed by atoms with Crippen LogP contribution in [-0.2, 0) is 0 Å². The second-order valence-electron chi connectivity index (χ2n) is 7.66. The summed E-state index contributed by atoms with van der Waals surface area (Å²) >= 11 is 5.05. The monoisotopic (exact) mass is 509 g/mol. The van der Waals surface area contributed by atoms with Crippen LogP contribution >= 0.6 is 27.3 Å². The number of thiazole rings is 1. The van der Waals surface area contributed by atoms with Crippen LogP contribution in [0.5, 0.6) is 11.5 Å². The van der Waals surface area contributed by atoms with Crippen LogP contribution in [0.15, 0.2) is 77.3 Å².